The van der Waals surface area contributed by atoms with Crippen LogP contribution in [0.25, 0.3) is 10.9 Å². The third-order valence-corrected chi connectivity index (χ3v) is 6.34. The molecule has 3 atom stereocenters. The fourth-order valence-corrected chi connectivity index (χ4v) is 4.72. The molecule has 1 aliphatic carbocycles. The van der Waals surface area contributed by atoms with E-state index in [1.54, 1.807) is 0 Å². The monoisotopic (exact) mass is 468 g/mol. The lowest BCUT2D eigenvalue weighted by Gasteiger charge is -2.32. The summed E-state index contributed by atoms with van der Waals surface area (Å²) in [5, 5.41) is 25.3. The molecule has 0 bridgehead atoms. The summed E-state index contributed by atoms with van der Waals surface area (Å²) in [5.41, 5.74) is 1.46. The molecule has 3 unspecified atom stereocenters. The van der Waals surface area contributed by atoms with Crippen molar-refractivity contribution in [1.29, 1.82) is 5.26 Å². The smallest absolute Gasteiger partial charge is 0.268 e. The molecule has 0 saturated heterocycles. The Kier molecular flexibility index (Phi) is 9.49. The van der Waals surface area contributed by atoms with Crippen molar-refractivity contribution in [2.24, 2.45) is 11.8 Å². The van der Waals surface area contributed by atoms with E-state index in [1.165, 1.54) is 0 Å². The first-order valence-corrected chi connectivity index (χ1v) is 12.2. The van der Waals surface area contributed by atoms with Crippen LogP contribution in [-0.4, -0.2) is 53.4 Å². The van der Waals surface area contributed by atoms with Gasteiger partial charge in [0.25, 0.3) is 5.91 Å². The summed E-state index contributed by atoms with van der Waals surface area (Å²) in [7, 11) is 0. The normalized spacial score (nSPS) is 19.0. The van der Waals surface area contributed by atoms with E-state index in [4.69, 9.17) is 9.84 Å². The molecule has 1 aromatic heterocycles. The van der Waals surface area contributed by atoms with Crippen LogP contribution in [0.4, 0.5) is 0 Å². The van der Waals surface area contributed by atoms with Gasteiger partial charge < -0.3 is 25.0 Å². The number of hydrogen-bond acceptors (Lipinski definition) is 5. The summed E-state index contributed by atoms with van der Waals surface area (Å²) >= 11 is 0. The third-order valence-electron chi connectivity index (χ3n) is 6.34. The van der Waals surface area contributed by atoms with Crippen molar-refractivity contribution in [2.75, 3.05) is 19.8 Å². The number of aliphatic hydroxyl groups excluding tert-OH is 1. The van der Waals surface area contributed by atoms with Crippen LogP contribution in [-0.2, 0) is 16.1 Å². The number of benzene rings is 1. The van der Waals surface area contributed by atoms with E-state index in [-0.39, 0.29) is 37.0 Å². The summed E-state index contributed by atoms with van der Waals surface area (Å²) in [6.07, 6.45) is 3.89. The molecule has 0 aliphatic heterocycles. The largest absolute Gasteiger partial charge is 0.394 e. The third kappa shape index (κ3) is 6.58. The van der Waals surface area contributed by atoms with Gasteiger partial charge in [0.05, 0.1) is 31.8 Å². The van der Waals surface area contributed by atoms with Crippen LogP contribution in [0.3, 0.4) is 0 Å². The van der Waals surface area contributed by atoms with E-state index in [2.05, 4.69) is 16.7 Å². The number of rotatable bonds is 11. The highest BCUT2D eigenvalue weighted by Crippen LogP contribution is 2.26. The molecule has 0 spiro atoms. The second kappa shape index (κ2) is 12.5. The zero-order valence-corrected chi connectivity index (χ0v) is 20.1. The summed E-state index contributed by atoms with van der Waals surface area (Å²) in [6, 6.07) is 11.0. The van der Waals surface area contributed by atoms with Crippen LogP contribution < -0.4 is 10.6 Å². The van der Waals surface area contributed by atoms with E-state index in [9.17, 15) is 14.9 Å². The lowest BCUT2D eigenvalue weighted by molar-refractivity contribution is -0.127. The van der Waals surface area contributed by atoms with Crippen molar-refractivity contribution in [3.63, 3.8) is 0 Å². The maximum Gasteiger partial charge on any atom is 0.268 e. The van der Waals surface area contributed by atoms with Crippen molar-refractivity contribution in [3.8, 4) is 6.07 Å². The van der Waals surface area contributed by atoms with Crippen molar-refractivity contribution < 1.29 is 19.4 Å². The maximum absolute atomic E-state index is 13.4. The molecule has 2 amide bonds. The predicted molar refractivity (Wildman–Crippen MR) is 130 cm³/mol. The molecule has 1 heterocycles. The standard InChI is InChI=1S/C26H36N4O4/c1-18(2)15-20(17-27)28-25(32)21-8-4-5-9-22(21)29-26(33)24-16-19-7-3-6-10-23(19)30(24)11-13-34-14-12-31/h3,6-7,10,16,18,20-22,31H,4-5,8-9,11-15H2,1-2H3,(H,28,32)(H,29,33). The zero-order valence-electron chi connectivity index (χ0n) is 20.1. The molecule has 3 rings (SSSR count). The quantitative estimate of drug-likeness (QED) is 0.439. The van der Waals surface area contributed by atoms with Gasteiger partial charge in [0.15, 0.2) is 0 Å². The van der Waals surface area contributed by atoms with Crippen molar-refractivity contribution >= 4 is 22.7 Å². The Labute approximate surface area is 201 Å². The van der Waals surface area contributed by atoms with Crippen LogP contribution in [0.2, 0.25) is 0 Å². The van der Waals surface area contributed by atoms with Gasteiger partial charge in [0.2, 0.25) is 5.91 Å². The van der Waals surface area contributed by atoms with Gasteiger partial charge in [0.1, 0.15) is 11.7 Å². The number of carbonyl (C=O) groups excluding carboxylic acids is 2. The molecule has 0 radical (unpaired) electrons. The molecular formula is C26H36N4O4. The van der Waals surface area contributed by atoms with Crippen LogP contribution in [0.15, 0.2) is 30.3 Å². The highest BCUT2D eigenvalue weighted by atomic mass is 16.5. The number of amides is 2. The summed E-state index contributed by atoms with van der Waals surface area (Å²) < 4.78 is 7.36. The average Bonchev–Trinajstić information content (AvgIpc) is 3.20. The van der Waals surface area contributed by atoms with Gasteiger partial charge >= 0.3 is 0 Å². The van der Waals surface area contributed by atoms with Gasteiger partial charge in [0, 0.05) is 23.5 Å². The number of aliphatic hydroxyl groups is 1. The fraction of sp³-hybridized carbons (Fsp3) is 0.577. The number of hydrogen-bond donors (Lipinski definition) is 3. The Balaban J connectivity index is 1.75. The van der Waals surface area contributed by atoms with E-state index < -0.39 is 6.04 Å². The fourth-order valence-electron chi connectivity index (χ4n) is 4.72. The summed E-state index contributed by atoms with van der Waals surface area (Å²) in [4.78, 5) is 26.4. The molecule has 1 saturated carbocycles. The Morgan fingerprint density at radius 2 is 2.00 bits per heavy atom. The molecule has 2 aromatic rings. The van der Waals surface area contributed by atoms with Gasteiger partial charge in [-0.05, 0) is 37.3 Å². The van der Waals surface area contributed by atoms with Crippen LogP contribution in [0.1, 0.15) is 56.4 Å². The Morgan fingerprint density at radius 3 is 2.74 bits per heavy atom. The van der Waals surface area contributed by atoms with E-state index >= 15 is 0 Å². The highest BCUT2D eigenvalue weighted by Gasteiger charge is 2.33. The molecule has 1 fully saturated rings. The van der Waals surface area contributed by atoms with Gasteiger partial charge in [-0.1, -0.05) is 44.9 Å². The van der Waals surface area contributed by atoms with Crippen LogP contribution in [0, 0.1) is 23.2 Å². The first-order chi connectivity index (χ1) is 16.4. The minimum atomic E-state index is -0.521. The number of nitrogens with zero attached hydrogens (tertiary/aromatic N) is 2. The molecule has 1 aromatic carbocycles. The molecule has 8 nitrogen and oxygen atoms in total. The summed E-state index contributed by atoms with van der Waals surface area (Å²) in [5.74, 6) is -0.432. The molecular weight excluding hydrogens is 432 g/mol. The van der Waals surface area contributed by atoms with Crippen molar-refractivity contribution in [1.82, 2.24) is 15.2 Å². The SMILES string of the molecule is CC(C)CC(C#N)NC(=O)C1CCCCC1NC(=O)c1cc2ccccc2n1CCOCCO. The number of nitrogens with one attached hydrogen (secondary N) is 2. The van der Waals surface area contributed by atoms with Gasteiger partial charge in [-0.15, -0.1) is 0 Å². The lowest BCUT2D eigenvalue weighted by Crippen LogP contribution is -2.50. The van der Waals surface area contributed by atoms with E-state index in [0.29, 0.717) is 37.6 Å². The predicted octanol–water partition coefficient (Wildman–Crippen LogP) is 2.99. The number of carbonyl (C=O) groups is 2. The average molecular weight is 469 g/mol. The molecule has 8 heteroatoms. The molecule has 3 N–H and O–H groups in total. The second-order valence-corrected chi connectivity index (χ2v) is 9.37. The maximum atomic E-state index is 13.4. The molecule has 184 valence electrons. The second-order valence-electron chi connectivity index (χ2n) is 9.37. The minimum absolute atomic E-state index is 0.0469. The Morgan fingerprint density at radius 1 is 1.24 bits per heavy atom. The Hall–Kier alpha value is -2.89. The zero-order chi connectivity index (χ0) is 24.5. The highest BCUT2D eigenvalue weighted by molar-refractivity contribution is 5.99. The van der Waals surface area contributed by atoms with Gasteiger partial charge in [-0.3, -0.25) is 9.59 Å². The number of para-hydroxylation sites is 1. The van der Waals surface area contributed by atoms with Crippen LogP contribution >= 0.6 is 0 Å². The van der Waals surface area contributed by atoms with Crippen molar-refractivity contribution in [2.45, 2.75) is 64.6 Å². The number of fused-ring (bicyclic) bond motifs is 1. The van der Waals surface area contributed by atoms with Gasteiger partial charge in [-0.2, -0.15) is 5.26 Å². The van der Waals surface area contributed by atoms with Crippen molar-refractivity contribution in [3.05, 3.63) is 36.0 Å². The van der Waals surface area contributed by atoms with E-state index in [0.717, 1.165) is 30.2 Å². The first-order valence-electron chi connectivity index (χ1n) is 12.2. The first kappa shape index (κ1) is 25.7. The minimum Gasteiger partial charge on any atom is -0.394 e. The topological polar surface area (TPSA) is 116 Å². The summed E-state index contributed by atoms with van der Waals surface area (Å²) in [6.45, 7) is 5.10. The number of ether oxygens (including phenoxy) is 1. The molecule has 1 aliphatic rings. The number of nitriles is 1. The van der Waals surface area contributed by atoms with Gasteiger partial charge in [-0.25, -0.2) is 0 Å². The Bertz CT molecular complexity index is 1010. The van der Waals surface area contributed by atoms with Crippen LogP contribution in [0.5, 0.6) is 0 Å². The lowest BCUT2D eigenvalue weighted by atomic mass is 9.83. The van der Waals surface area contributed by atoms with E-state index in [1.807, 2.05) is 48.7 Å². The molecule has 34 heavy (non-hydrogen) atoms. The number of aromatic nitrogens is 1.